The van der Waals surface area contributed by atoms with Gasteiger partial charge in [-0.1, -0.05) is 12.2 Å². The number of aliphatic imine (C=N–C) groups is 2. The average Bonchev–Trinajstić information content (AvgIpc) is 2.86. The maximum Gasteiger partial charge on any atom is 0.235 e. The van der Waals surface area contributed by atoms with Gasteiger partial charge < -0.3 is 14.6 Å². The molecular weight excluding hydrogens is 432 g/mol. The third kappa shape index (κ3) is 9.05. The molecule has 0 radical (unpaired) electrons. The van der Waals surface area contributed by atoms with Crippen molar-refractivity contribution in [3.8, 4) is 0 Å². The number of ether oxygens (including phenoxy) is 2. The van der Waals surface area contributed by atoms with Gasteiger partial charge in [0.05, 0.1) is 45.1 Å². The minimum Gasteiger partial charge on any atom is -0.396 e. The predicted molar refractivity (Wildman–Crippen MR) is 132 cm³/mol. The third-order valence-electron chi connectivity index (χ3n) is 7.80. The lowest BCUT2D eigenvalue weighted by atomic mass is 9.65. The highest BCUT2D eigenvalue weighted by atomic mass is 16.5. The molecule has 2 fully saturated rings. The normalized spacial score (nSPS) is 26.0. The van der Waals surface area contributed by atoms with E-state index in [9.17, 15) is 14.7 Å². The number of aliphatic hydroxyl groups is 1. The molecule has 0 aliphatic heterocycles. The van der Waals surface area contributed by atoms with E-state index in [2.05, 4.69) is 23.1 Å². The van der Waals surface area contributed by atoms with E-state index >= 15 is 0 Å². The van der Waals surface area contributed by atoms with Crippen LogP contribution in [0.5, 0.6) is 0 Å². The van der Waals surface area contributed by atoms with Crippen LogP contribution in [-0.2, 0) is 19.1 Å². The van der Waals surface area contributed by atoms with Gasteiger partial charge in [-0.2, -0.15) is 0 Å². The molecule has 2 rings (SSSR count). The van der Waals surface area contributed by atoms with E-state index < -0.39 is 5.41 Å². The Bertz CT molecular complexity index is 646. The summed E-state index contributed by atoms with van der Waals surface area (Å²) in [5.41, 5.74) is -0.470. The van der Waals surface area contributed by atoms with E-state index in [1.54, 1.807) is 24.3 Å². The molecular formula is C27H42N2O5. The van der Waals surface area contributed by atoms with E-state index in [1.807, 2.05) is 0 Å². The van der Waals surface area contributed by atoms with Crippen LogP contribution in [0, 0.1) is 23.2 Å². The minimum atomic E-state index is -0.470. The molecule has 7 nitrogen and oxygen atoms in total. The van der Waals surface area contributed by atoms with E-state index in [4.69, 9.17) is 9.47 Å². The van der Waals surface area contributed by atoms with Crippen LogP contribution >= 0.6 is 0 Å². The van der Waals surface area contributed by atoms with Crippen LogP contribution in [0.4, 0.5) is 0 Å². The van der Waals surface area contributed by atoms with Gasteiger partial charge in [0.15, 0.2) is 0 Å². The van der Waals surface area contributed by atoms with Crippen LogP contribution in [0.3, 0.4) is 0 Å². The monoisotopic (exact) mass is 474 g/mol. The van der Waals surface area contributed by atoms with E-state index in [0.29, 0.717) is 44.2 Å². The maximum atomic E-state index is 10.7. The predicted octanol–water partition coefficient (Wildman–Crippen LogP) is 4.56. The van der Waals surface area contributed by atoms with Crippen molar-refractivity contribution in [3.05, 3.63) is 25.3 Å². The second kappa shape index (κ2) is 15.9. The molecule has 2 aliphatic carbocycles. The van der Waals surface area contributed by atoms with Crippen molar-refractivity contribution >= 4 is 12.2 Å². The fourth-order valence-corrected chi connectivity index (χ4v) is 5.87. The summed E-state index contributed by atoms with van der Waals surface area (Å²) in [5.74, 6) is 1.63. The quantitative estimate of drug-likeness (QED) is 0.153. The number of carbonyl (C=O) groups excluding carboxylic acids is 2. The van der Waals surface area contributed by atoms with Crippen molar-refractivity contribution < 1.29 is 24.2 Å². The molecule has 2 aliphatic rings. The van der Waals surface area contributed by atoms with Gasteiger partial charge in [0.25, 0.3) is 0 Å². The number of rotatable bonds is 16. The van der Waals surface area contributed by atoms with E-state index in [0.717, 1.165) is 64.2 Å². The highest BCUT2D eigenvalue weighted by Gasteiger charge is 2.38. The van der Waals surface area contributed by atoms with Gasteiger partial charge in [0.1, 0.15) is 0 Å². The SMILES string of the molecule is C=CCOCC(CO)(CCC(C1CCC(N=C=O)CC1)C1CCC(N=C=O)CC1)COCC=C. The van der Waals surface area contributed by atoms with Gasteiger partial charge in [-0.15, -0.1) is 13.2 Å². The molecule has 190 valence electrons. The number of aliphatic hydroxyl groups excluding tert-OH is 1. The third-order valence-corrected chi connectivity index (χ3v) is 7.80. The van der Waals surface area contributed by atoms with Crippen LogP contribution in [-0.4, -0.2) is 62.4 Å². The van der Waals surface area contributed by atoms with Crippen molar-refractivity contribution in [2.24, 2.45) is 33.2 Å². The van der Waals surface area contributed by atoms with Gasteiger partial charge in [0.2, 0.25) is 12.2 Å². The fourth-order valence-electron chi connectivity index (χ4n) is 5.87. The Morgan fingerprint density at radius 3 is 1.65 bits per heavy atom. The lowest BCUT2D eigenvalue weighted by molar-refractivity contribution is -0.0519. The van der Waals surface area contributed by atoms with Crippen molar-refractivity contribution in [3.63, 3.8) is 0 Å². The molecule has 1 N–H and O–H groups in total. The highest BCUT2D eigenvalue weighted by molar-refractivity contribution is 5.33. The lowest BCUT2D eigenvalue weighted by Gasteiger charge is -2.41. The summed E-state index contributed by atoms with van der Waals surface area (Å²) >= 11 is 0. The summed E-state index contributed by atoms with van der Waals surface area (Å²) < 4.78 is 11.6. The standard InChI is InChI=1S/C27H42N2O5/c1-3-15-33-18-27(17-30,19-34-16-4-2)14-13-26(22-5-9-24(10-6-22)28-20-31)23-7-11-25(12-8-23)29-21-32/h3-4,22-26,30H,1-2,5-19H2. The summed E-state index contributed by atoms with van der Waals surface area (Å²) in [6.45, 7) is 9.15. The van der Waals surface area contributed by atoms with Gasteiger partial charge in [0, 0.05) is 5.41 Å². The zero-order valence-electron chi connectivity index (χ0n) is 20.5. The Balaban J connectivity index is 2.12. The molecule has 0 saturated heterocycles. The summed E-state index contributed by atoms with van der Waals surface area (Å²) in [7, 11) is 0. The van der Waals surface area contributed by atoms with Crippen LogP contribution in [0.1, 0.15) is 64.2 Å². The molecule has 0 heterocycles. The first-order valence-electron chi connectivity index (χ1n) is 12.7. The van der Waals surface area contributed by atoms with E-state index in [-0.39, 0.29) is 18.7 Å². The Hall–Kier alpha value is -1.88. The number of hydrogen-bond donors (Lipinski definition) is 1. The molecule has 0 aromatic carbocycles. The molecule has 7 heteroatoms. The van der Waals surface area contributed by atoms with Crippen molar-refractivity contribution in [1.82, 2.24) is 0 Å². The number of nitrogens with zero attached hydrogens (tertiary/aromatic N) is 2. The molecule has 0 unspecified atom stereocenters. The minimum absolute atomic E-state index is 0.00438. The molecule has 0 amide bonds. The topological polar surface area (TPSA) is 97.5 Å². The van der Waals surface area contributed by atoms with Gasteiger partial charge >= 0.3 is 0 Å². The molecule has 0 aromatic heterocycles. The first kappa shape index (κ1) is 28.4. The molecule has 0 bridgehead atoms. The smallest absolute Gasteiger partial charge is 0.235 e. The molecule has 0 aromatic rings. The number of hydrogen-bond acceptors (Lipinski definition) is 7. The Morgan fingerprint density at radius 2 is 1.29 bits per heavy atom. The van der Waals surface area contributed by atoms with E-state index in [1.165, 1.54) is 0 Å². The summed E-state index contributed by atoms with van der Waals surface area (Å²) in [6.07, 6.45) is 16.6. The largest absolute Gasteiger partial charge is 0.396 e. The zero-order valence-corrected chi connectivity index (χ0v) is 20.5. The van der Waals surface area contributed by atoms with Gasteiger partial charge in [-0.3, -0.25) is 0 Å². The second-order valence-corrected chi connectivity index (χ2v) is 10.0. The van der Waals surface area contributed by atoms with Crippen LogP contribution < -0.4 is 0 Å². The summed E-state index contributed by atoms with van der Waals surface area (Å²) in [4.78, 5) is 29.3. The van der Waals surface area contributed by atoms with Crippen molar-refractivity contribution in [2.75, 3.05) is 33.0 Å². The van der Waals surface area contributed by atoms with Crippen molar-refractivity contribution in [1.29, 1.82) is 0 Å². The maximum absolute atomic E-state index is 10.7. The van der Waals surface area contributed by atoms with Crippen LogP contribution in [0.2, 0.25) is 0 Å². The summed E-state index contributed by atoms with van der Waals surface area (Å²) in [5, 5.41) is 10.4. The zero-order chi connectivity index (χ0) is 24.7. The Morgan fingerprint density at radius 1 is 0.853 bits per heavy atom. The van der Waals surface area contributed by atoms with Crippen LogP contribution in [0.25, 0.3) is 0 Å². The van der Waals surface area contributed by atoms with Gasteiger partial charge in [-0.05, 0) is 82.0 Å². The fraction of sp³-hybridized carbons (Fsp3) is 0.778. The van der Waals surface area contributed by atoms with Crippen LogP contribution in [0.15, 0.2) is 35.3 Å². The second-order valence-electron chi connectivity index (χ2n) is 10.0. The van der Waals surface area contributed by atoms with Crippen molar-refractivity contribution in [2.45, 2.75) is 76.3 Å². The molecule has 0 spiro atoms. The van der Waals surface area contributed by atoms with Gasteiger partial charge in [-0.25, -0.2) is 19.6 Å². The molecule has 2 saturated carbocycles. The highest BCUT2D eigenvalue weighted by Crippen LogP contribution is 2.44. The lowest BCUT2D eigenvalue weighted by Crippen LogP contribution is -2.39. The number of isocyanates is 2. The molecule has 34 heavy (non-hydrogen) atoms. The Kier molecular flexibility index (Phi) is 13.3. The average molecular weight is 475 g/mol. The Labute approximate surface area is 204 Å². The summed E-state index contributed by atoms with van der Waals surface area (Å²) in [6, 6.07) is 0.200. The first-order valence-corrected chi connectivity index (χ1v) is 12.7. The molecule has 0 atom stereocenters. The first-order chi connectivity index (χ1) is 16.6.